The molecule has 24 heavy (non-hydrogen) atoms. The smallest absolute Gasteiger partial charge is 0.336 e. The molecular weight excluding hydrogens is 332 g/mol. The van der Waals surface area contributed by atoms with Crippen LogP contribution in [-0.4, -0.2) is 31.4 Å². The van der Waals surface area contributed by atoms with Crippen molar-refractivity contribution >= 4 is 35.1 Å². The Morgan fingerprint density at radius 3 is 2.50 bits per heavy atom. The first kappa shape index (κ1) is 18.0. The third-order valence-electron chi connectivity index (χ3n) is 3.86. The Balaban J connectivity index is 2.52. The van der Waals surface area contributed by atoms with Crippen LogP contribution in [0.15, 0.2) is 35.5 Å². The molecule has 128 valence electrons. The van der Waals surface area contributed by atoms with Crippen LogP contribution in [0.2, 0.25) is 5.02 Å². The zero-order valence-corrected chi connectivity index (χ0v) is 14.5. The topological polar surface area (TPSA) is 75.7 Å². The molecule has 0 saturated carbocycles. The normalized spacial score (nSPS) is 17.8. The second kappa shape index (κ2) is 7.49. The van der Waals surface area contributed by atoms with Crippen LogP contribution in [0.1, 0.15) is 20.3 Å². The quantitative estimate of drug-likeness (QED) is 0.845. The molecule has 7 heteroatoms. The lowest BCUT2D eigenvalue weighted by Crippen LogP contribution is -2.44. The maximum atomic E-state index is 12.6. The van der Waals surface area contributed by atoms with Gasteiger partial charge in [-0.15, -0.1) is 0 Å². The summed E-state index contributed by atoms with van der Waals surface area (Å²) in [5.74, 6) is -2.09. The standard InChI is InChI=1S/C17H19ClN2O4/c1-4-19-16(22)13-9-14(21)20(10(2)15(13)17(23)24-3)12-7-5-11(18)6-8-12/h5-8,13H,4,9H2,1-3H3,(H,19,22). The van der Waals surface area contributed by atoms with E-state index in [1.165, 1.54) is 12.0 Å². The van der Waals surface area contributed by atoms with E-state index in [9.17, 15) is 14.4 Å². The fourth-order valence-corrected chi connectivity index (χ4v) is 2.90. The first-order valence-corrected chi connectivity index (χ1v) is 7.93. The number of allylic oxidation sites excluding steroid dienone is 1. The molecule has 2 amide bonds. The van der Waals surface area contributed by atoms with E-state index in [1.807, 2.05) is 0 Å². The van der Waals surface area contributed by atoms with Crippen molar-refractivity contribution in [3.8, 4) is 0 Å². The Morgan fingerprint density at radius 2 is 1.96 bits per heavy atom. The number of ether oxygens (including phenoxy) is 1. The van der Waals surface area contributed by atoms with Gasteiger partial charge in [0.05, 0.1) is 18.6 Å². The van der Waals surface area contributed by atoms with Gasteiger partial charge >= 0.3 is 5.97 Å². The van der Waals surface area contributed by atoms with Gasteiger partial charge in [-0.1, -0.05) is 11.6 Å². The summed E-state index contributed by atoms with van der Waals surface area (Å²) >= 11 is 5.88. The number of hydrogen-bond donors (Lipinski definition) is 1. The summed E-state index contributed by atoms with van der Waals surface area (Å²) in [6.45, 7) is 3.82. The predicted molar refractivity (Wildman–Crippen MR) is 90.4 cm³/mol. The minimum atomic E-state index is -0.853. The van der Waals surface area contributed by atoms with Crippen molar-refractivity contribution in [2.45, 2.75) is 20.3 Å². The van der Waals surface area contributed by atoms with E-state index >= 15 is 0 Å². The van der Waals surface area contributed by atoms with Gasteiger partial charge in [-0.25, -0.2) is 4.79 Å². The summed E-state index contributed by atoms with van der Waals surface area (Å²) in [7, 11) is 1.25. The molecule has 1 atom stereocenters. The van der Waals surface area contributed by atoms with Crippen LogP contribution in [0, 0.1) is 5.92 Å². The zero-order chi connectivity index (χ0) is 17.9. The maximum Gasteiger partial charge on any atom is 0.336 e. The van der Waals surface area contributed by atoms with Crippen LogP contribution < -0.4 is 10.2 Å². The maximum absolute atomic E-state index is 12.6. The number of nitrogens with zero attached hydrogens (tertiary/aromatic N) is 1. The molecule has 0 radical (unpaired) electrons. The molecule has 1 unspecified atom stereocenters. The molecule has 0 aliphatic carbocycles. The van der Waals surface area contributed by atoms with E-state index in [1.54, 1.807) is 38.1 Å². The molecule has 6 nitrogen and oxygen atoms in total. The van der Waals surface area contributed by atoms with Crippen LogP contribution in [0.3, 0.4) is 0 Å². The lowest BCUT2D eigenvalue weighted by Gasteiger charge is -2.33. The van der Waals surface area contributed by atoms with Crippen LogP contribution in [0.5, 0.6) is 0 Å². The first-order chi connectivity index (χ1) is 11.4. The highest BCUT2D eigenvalue weighted by Crippen LogP contribution is 2.33. The van der Waals surface area contributed by atoms with Crippen LogP contribution in [-0.2, 0) is 19.1 Å². The Morgan fingerprint density at radius 1 is 1.33 bits per heavy atom. The highest BCUT2D eigenvalue weighted by atomic mass is 35.5. The number of esters is 1. The van der Waals surface area contributed by atoms with Crippen molar-refractivity contribution in [1.82, 2.24) is 5.32 Å². The first-order valence-electron chi connectivity index (χ1n) is 7.56. The summed E-state index contributed by atoms with van der Waals surface area (Å²) in [6, 6.07) is 6.69. The number of carbonyl (C=O) groups excluding carboxylic acids is 3. The Kier molecular flexibility index (Phi) is 5.62. The van der Waals surface area contributed by atoms with Gasteiger partial charge in [0.15, 0.2) is 0 Å². The minimum absolute atomic E-state index is 0.101. The van der Waals surface area contributed by atoms with Gasteiger partial charge in [0.25, 0.3) is 0 Å². The summed E-state index contributed by atoms with van der Waals surface area (Å²) in [5, 5.41) is 3.20. The Bertz CT molecular complexity index is 697. The van der Waals surface area contributed by atoms with Gasteiger partial charge in [-0.3, -0.25) is 14.5 Å². The molecule has 1 aromatic rings. The number of halogens is 1. The molecule has 1 aliphatic heterocycles. The zero-order valence-electron chi connectivity index (χ0n) is 13.8. The lowest BCUT2D eigenvalue weighted by molar-refractivity contribution is -0.139. The Labute approximate surface area is 145 Å². The van der Waals surface area contributed by atoms with Gasteiger partial charge < -0.3 is 10.1 Å². The number of nitrogens with one attached hydrogen (secondary N) is 1. The van der Waals surface area contributed by atoms with Gasteiger partial charge in [0.1, 0.15) is 0 Å². The third-order valence-corrected chi connectivity index (χ3v) is 4.11. The number of methoxy groups -OCH3 is 1. The van der Waals surface area contributed by atoms with Crippen molar-refractivity contribution in [2.24, 2.45) is 5.92 Å². The van der Waals surface area contributed by atoms with E-state index in [2.05, 4.69) is 5.32 Å². The van der Waals surface area contributed by atoms with E-state index in [4.69, 9.17) is 16.3 Å². The van der Waals surface area contributed by atoms with Crippen molar-refractivity contribution in [1.29, 1.82) is 0 Å². The van der Waals surface area contributed by atoms with Crippen LogP contribution >= 0.6 is 11.6 Å². The lowest BCUT2D eigenvalue weighted by atomic mass is 9.88. The minimum Gasteiger partial charge on any atom is -0.466 e. The van der Waals surface area contributed by atoms with Crippen LogP contribution in [0.4, 0.5) is 5.69 Å². The predicted octanol–water partition coefficient (Wildman–Crippen LogP) is 2.28. The van der Waals surface area contributed by atoms with Crippen LogP contribution in [0.25, 0.3) is 0 Å². The highest BCUT2D eigenvalue weighted by molar-refractivity contribution is 6.30. The second-order valence-corrected chi connectivity index (χ2v) is 5.78. The SMILES string of the molecule is CCNC(=O)C1CC(=O)N(c2ccc(Cl)cc2)C(C)=C1C(=O)OC. The number of carbonyl (C=O) groups is 3. The molecular formula is C17H19ClN2O4. The van der Waals surface area contributed by atoms with E-state index in [-0.39, 0.29) is 23.8 Å². The molecule has 2 rings (SSSR count). The third kappa shape index (κ3) is 3.43. The Hall–Kier alpha value is -2.34. The van der Waals surface area contributed by atoms with Gasteiger partial charge in [0.2, 0.25) is 11.8 Å². The molecule has 1 aliphatic rings. The summed E-state index contributed by atoms with van der Waals surface area (Å²) in [4.78, 5) is 38.5. The molecule has 0 aromatic heterocycles. The molecule has 0 fully saturated rings. The number of benzene rings is 1. The van der Waals surface area contributed by atoms with Crippen molar-refractivity contribution in [3.63, 3.8) is 0 Å². The fraction of sp³-hybridized carbons (Fsp3) is 0.353. The second-order valence-electron chi connectivity index (χ2n) is 5.35. The summed E-state index contributed by atoms with van der Waals surface area (Å²) in [6.07, 6.45) is -0.101. The number of amides is 2. The van der Waals surface area contributed by atoms with Crippen molar-refractivity contribution < 1.29 is 19.1 Å². The molecule has 0 spiro atoms. The monoisotopic (exact) mass is 350 g/mol. The van der Waals surface area contributed by atoms with Gasteiger partial charge in [-0.2, -0.15) is 0 Å². The van der Waals surface area contributed by atoms with Gasteiger partial charge in [0, 0.05) is 29.4 Å². The molecule has 0 bridgehead atoms. The number of hydrogen-bond acceptors (Lipinski definition) is 4. The fourth-order valence-electron chi connectivity index (χ4n) is 2.78. The van der Waals surface area contributed by atoms with Crippen molar-refractivity contribution in [3.05, 3.63) is 40.6 Å². The number of anilines is 1. The van der Waals surface area contributed by atoms with Gasteiger partial charge in [-0.05, 0) is 38.1 Å². The average Bonchev–Trinajstić information content (AvgIpc) is 2.55. The van der Waals surface area contributed by atoms with E-state index in [0.717, 1.165) is 0 Å². The summed E-state index contributed by atoms with van der Waals surface area (Å²) < 4.78 is 4.82. The van der Waals surface area contributed by atoms with E-state index in [0.29, 0.717) is 23.0 Å². The molecule has 1 N–H and O–H groups in total. The molecule has 0 saturated heterocycles. The highest BCUT2D eigenvalue weighted by Gasteiger charge is 2.40. The number of rotatable bonds is 4. The molecule has 1 aromatic carbocycles. The summed E-state index contributed by atoms with van der Waals surface area (Å²) in [5.41, 5.74) is 1.16. The van der Waals surface area contributed by atoms with E-state index < -0.39 is 11.9 Å². The molecule has 1 heterocycles. The van der Waals surface area contributed by atoms with Crippen molar-refractivity contribution in [2.75, 3.05) is 18.6 Å². The largest absolute Gasteiger partial charge is 0.466 e. The average molecular weight is 351 g/mol.